The van der Waals surface area contributed by atoms with Crippen LogP contribution < -0.4 is 10.2 Å². The maximum absolute atomic E-state index is 12.5. The number of rotatable bonds is 2. The second-order valence-electron chi connectivity index (χ2n) is 4.30. The predicted octanol–water partition coefficient (Wildman–Crippen LogP) is 2.65. The van der Waals surface area contributed by atoms with Gasteiger partial charge in [0.1, 0.15) is 6.04 Å². The van der Waals surface area contributed by atoms with Crippen LogP contribution in [0.2, 0.25) is 0 Å². The fourth-order valence-electron chi connectivity index (χ4n) is 2.17. The van der Waals surface area contributed by atoms with E-state index in [-0.39, 0.29) is 5.91 Å². The van der Waals surface area contributed by atoms with E-state index in [1.165, 1.54) is 0 Å². The molecular weight excluding hydrogens is 256 g/mol. The van der Waals surface area contributed by atoms with Crippen LogP contribution in [0, 0.1) is 0 Å². The van der Waals surface area contributed by atoms with E-state index < -0.39 is 6.04 Å². The van der Waals surface area contributed by atoms with E-state index in [0.29, 0.717) is 5.11 Å². The van der Waals surface area contributed by atoms with Crippen molar-refractivity contribution >= 4 is 28.9 Å². The zero-order valence-corrected chi connectivity index (χ0v) is 10.9. The molecule has 3 rings (SSSR count). The number of para-hydroxylation sites is 1. The van der Waals surface area contributed by atoms with Crippen LogP contribution in [0.1, 0.15) is 11.6 Å². The summed E-state index contributed by atoms with van der Waals surface area (Å²) in [6.45, 7) is 0. The van der Waals surface area contributed by atoms with Crippen molar-refractivity contribution in [1.82, 2.24) is 5.32 Å². The number of thiocarbonyl (C=S) groups is 1. The molecule has 1 unspecified atom stereocenters. The number of carbonyl (C=O) groups excluding carboxylic acids is 1. The third kappa shape index (κ3) is 2.11. The Bertz CT molecular complexity index is 613. The van der Waals surface area contributed by atoms with Crippen molar-refractivity contribution < 1.29 is 4.79 Å². The average molecular weight is 268 g/mol. The number of anilines is 1. The normalized spacial score (nSPS) is 18.5. The molecule has 3 nitrogen and oxygen atoms in total. The highest BCUT2D eigenvalue weighted by molar-refractivity contribution is 7.80. The van der Waals surface area contributed by atoms with Crippen LogP contribution in [-0.4, -0.2) is 11.0 Å². The Balaban J connectivity index is 1.94. The molecule has 0 saturated carbocycles. The third-order valence-electron chi connectivity index (χ3n) is 3.09. The van der Waals surface area contributed by atoms with Crippen molar-refractivity contribution in [3.63, 3.8) is 0 Å². The fourth-order valence-corrected chi connectivity index (χ4v) is 2.49. The molecule has 1 N–H and O–H groups in total. The quantitative estimate of drug-likeness (QED) is 0.850. The number of amides is 1. The molecule has 1 saturated heterocycles. The Hall–Kier alpha value is -2.20. The zero-order chi connectivity index (χ0) is 13.2. The minimum absolute atomic E-state index is 0.0394. The molecule has 1 aliphatic heterocycles. The van der Waals surface area contributed by atoms with Crippen LogP contribution in [0.5, 0.6) is 0 Å². The van der Waals surface area contributed by atoms with Crippen molar-refractivity contribution in [3.8, 4) is 0 Å². The van der Waals surface area contributed by atoms with Gasteiger partial charge in [-0.2, -0.15) is 0 Å². The van der Waals surface area contributed by atoms with E-state index in [2.05, 4.69) is 5.32 Å². The van der Waals surface area contributed by atoms with Gasteiger partial charge in [-0.1, -0.05) is 48.5 Å². The van der Waals surface area contributed by atoms with Gasteiger partial charge in [0.15, 0.2) is 5.11 Å². The summed E-state index contributed by atoms with van der Waals surface area (Å²) in [7, 11) is 0. The average Bonchev–Trinajstić information content (AvgIpc) is 2.76. The van der Waals surface area contributed by atoms with Gasteiger partial charge in [0.25, 0.3) is 5.91 Å². The Morgan fingerprint density at radius 2 is 1.53 bits per heavy atom. The molecule has 0 aliphatic carbocycles. The number of hydrogen-bond donors (Lipinski definition) is 1. The topological polar surface area (TPSA) is 32.3 Å². The molecule has 0 radical (unpaired) electrons. The van der Waals surface area contributed by atoms with Crippen molar-refractivity contribution in [3.05, 3.63) is 66.2 Å². The molecule has 1 atom stereocenters. The molecule has 2 aromatic carbocycles. The van der Waals surface area contributed by atoms with Crippen LogP contribution >= 0.6 is 12.2 Å². The first-order valence-corrected chi connectivity index (χ1v) is 6.42. The summed E-state index contributed by atoms with van der Waals surface area (Å²) >= 11 is 5.27. The largest absolute Gasteiger partial charge is 0.346 e. The maximum Gasteiger partial charge on any atom is 0.260 e. The Morgan fingerprint density at radius 1 is 0.947 bits per heavy atom. The van der Waals surface area contributed by atoms with Crippen molar-refractivity contribution in [1.29, 1.82) is 0 Å². The summed E-state index contributed by atoms with van der Waals surface area (Å²) in [6.07, 6.45) is 0. The first-order chi connectivity index (χ1) is 9.27. The van der Waals surface area contributed by atoms with Gasteiger partial charge < -0.3 is 5.32 Å². The van der Waals surface area contributed by atoms with Crippen LogP contribution in [0.15, 0.2) is 60.7 Å². The summed E-state index contributed by atoms with van der Waals surface area (Å²) in [5.74, 6) is -0.0394. The molecule has 4 heteroatoms. The van der Waals surface area contributed by atoms with Crippen molar-refractivity contribution in [2.45, 2.75) is 6.04 Å². The lowest BCUT2D eigenvalue weighted by molar-refractivity contribution is -0.118. The smallest absolute Gasteiger partial charge is 0.260 e. The van der Waals surface area contributed by atoms with E-state index in [1.807, 2.05) is 60.7 Å². The molecule has 1 amide bonds. The number of nitrogens with one attached hydrogen (secondary N) is 1. The van der Waals surface area contributed by atoms with Gasteiger partial charge in [-0.25, -0.2) is 0 Å². The first kappa shape index (κ1) is 11.9. The standard InChI is InChI=1S/C15H12N2OS/c18-14-13(11-7-3-1-4-8-11)16-15(19)17(14)12-9-5-2-6-10-12/h1-10,13H,(H,16,19). The van der Waals surface area contributed by atoms with Gasteiger partial charge in [0, 0.05) is 0 Å². The first-order valence-electron chi connectivity index (χ1n) is 6.02. The van der Waals surface area contributed by atoms with Crippen LogP contribution in [0.25, 0.3) is 0 Å². The SMILES string of the molecule is O=C1C(c2ccccc2)NC(=S)N1c1ccccc1. The van der Waals surface area contributed by atoms with Gasteiger partial charge in [-0.15, -0.1) is 0 Å². The van der Waals surface area contributed by atoms with Gasteiger partial charge >= 0.3 is 0 Å². The molecule has 19 heavy (non-hydrogen) atoms. The van der Waals surface area contributed by atoms with E-state index >= 15 is 0 Å². The summed E-state index contributed by atoms with van der Waals surface area (Å²) < 4.78 is 0. The lowest BCUT2D eigenvalue weighted by Gasteiger charge is -2.14. The Morgan fingerprint density at radius 3 is 2.16 bits per heavy atom. The number of benzene rings is 2. The number of hydrogen-bond acceptors (Lipinski definition) is 2. The summed E-state index contributed by atoms with van der Waals surface area (Å²) in [4.78, 5) is 14.0. The van der Waals surface area contributed by atoms with Gasteiger partial charge in [0.2, 0.25) is 0 Å². The van der Waals surface area contributed by atoms with Crippen molar-refractivity contribution in [2.24, 2.45) is 0 Å². The lowest BCUT2D eigenvalue weighted by Crippen LogP contribution is -2.30. The molecule has 0 spiro atoms. The van der Waals surface area contributed by atoms with Gasteiger partial charge in [-0.3, -0.25) is 9.69 Å². The second kappa shape index (κ2) is 4.82. The zero-order valence-electron chi connectivity index (χ0n) is 10.1. The van der Waals surface area contributed by atoms with Crippen LogP contribution in [-0.2, 0) is 4.79 Å². The van der Waals surface area contributed by atoms with E-state index in [4.69, 9.17) is 12.2 Å². The summed E-state index contributed by atoms with van der Waals surface area (Å²) in [5, 5.41) is 3.53. The van der Waals surface area contributed by atoms with E-state index in [0.717, 1.165) is 11.3 Å². The number of carbonyl (C=O) groups is 1. The predicted molar refractivity (Wildman–Crippen MR) is 78.8 cm³/mol. The Labute approximate surface area is 116 Å². The highest BCUT2D eigenvalue weighted by Crippen LogP contribution is 2.26. The molecule has 0 aromatic heterocycles. The highest BCUT2D eigenvalue weighted by Gasteiger charge is 2.37. The molecule has 1 fully saturated rings. The fraction of sp³-hybridized carbons (Fsp3) is 0.0667. The molecule has 2 aromatic rings. The minimum Gasteiger partial charge on any atom is -0.346 e. The van der Waals surface area contributed by atoms with Crippen molar-refractivity contribution in [2.75, 3.05) is 4.90 Å². The molecule has 1 heterocycles. The molecule has 94 valence electrons. The third-order valence-corrected chi connectivity index (χ3v) is 3.39. The number of nitrogens with zero attached hydrogens (tertiary/aromatic N) is 1. The second-order valence-corrected chi connectivity index (χ2v) is 4.69. The van der Waals surface area contributed by atoms with Gasteiger partial charge in [-0.05, 0) is 29.9 Å². The summed E-state index contributed by atoms with van der Waals surface area (Å²) in [6, 6.07) is 18.6. The molecular formula is C15H12N2OS. The lowest BCUT2D eigenvalue weighted by atomic mass is 10.1. The highest BCUT2D eigenvalue weighted by atomic mass is 32.1. The summed E-state index contributed by atoms with van der Waals surface area (Å²) in [5.41, 5.74) is 1.72. The van der Waals surface area contributed by atoms with E-state index in [9.17, 15) is 4.79 Å². The minimum atomic E-state index is -0.395. The maximum atomic E-state index is 12.5. The van der Waals surface area contributed by atoms with Crippen LogP contribution in [0.4, 0.5) is 5.69 Å². The van der Waals surface area contributed by atoms with E-state index in [1.54, 1.807) is 4.90 Å². The molecule has 0 bridgehead atoms. The molecule has 1 aliphatic rings. The monoisotopic (exact) mass is 268 g/mol. The Kier molecular flexibility index (Phi) is 3.01. The van der Waals surface area contributed by atoms with Gasteiger partial charge in [0.05, 0.1) is 5.69 Å². The van der Waals surface area contributed by atoms with Crippen LogP contribution in [0.3, 0.4) is 0 Å².